The highest BCUT2D eigenvalue weighted by Gasteiger charge is 2.41. The summed E-state index contributed by atoms with van der Waals surface area (Å²) in [5.41, 5.74) is 34.4. The summed E-state index contributed by atoms with van der Waals surface area (Å²) in [6.45, 7) is 19.8. The molecule has 32 nitrogen and oxygen atoms in total. The van der Waals surface area contributed by atoms with E-state index in [1.807, 2.05) is 58.0 Å². The number of esters is 1. The van der Waals surface area contributed by atoms with Crippen LogP contribution in [-0.4, -0.2) is 181 Å². The van der Waals surface area contributed by atoms with Crippen molar-refractivity contribution in [1.82, 2.24) is 53.2 Å². The Morgan fingerprint density at radius 1 is 0.520 bits per heavy atom. The van der Waals surface area contributed by atoms with E-state index in [2.05, 4.69) is 68.1 Å². The molecule has 0 spiro atoms. The zero-order chi connectivity index (χ0) is 73.9. The average molecular weight is 1380 g/mol. The van der Waals surface area contributed by atoms with Gasteiger partial charge in [0, 0.05) is 25.6 Å². The average Bonchev–Trinajstić information content (AvgIpc) is 1.33. The van der Waals surface area contributed by atoms with Crippen molar-refractivity contribution in [3.8, 4) is 0 Å². The van der Waals surface area contributed by atoms with Crippen molar-refractivity contribution in [3.63, 3.8) is 0 Å². The zero-order valence-electron chi connectivity index (χ0n) is 59.4. The minimum atomic E-state index is -1.83. The quantitative estimate of drug-likeness (QED) is 0.0153. The first-order valence-electron chi connectivity index (χ1n) is 34.3. The number of ether oxygens (including phenoxy) is 1. The molecule has 2 rings (SSSR count). The molecule has 16 atom stereocenters. The van der Waals surface area contributed by atoms with Crippen molar-refractivity contribution >= 4 is 82.9 Å². The number of nitrogens with one attached hydrogen (secondary N) is 10. The van der Waals surface area contributed by atoms with E-state index in [4.69, 9.17) is 39.1 Å². The van der Waals surface area contributed by atoms with Gasteiger partial charge in [-0.1, -0.05) is 132 Å². The third kappa shape index (κ3) is 29.5. The van der Waals surface area contributed by atoms with Crippen LogP contribution in [0.15, 0.2) is 45.3 Å². The fourth-order valence-corrected chi connectivity index (χ4v) is 10.6. The van der Waals surface area contributed by atoms with Crippen LogP contribution in [0.5, 0.6) is 0 Å². The second kappa shape index (κ2) is 44.2. The number of carbonyl (C=O) groups is 11. The maximum Gasteiger partial charge on any atom is 0.329 e. The van der Waals surface area contributed by atoms with Crippen molar-refractivity contribution in [1.29, 1.82) is 0 Å². The van der Waals surface area contributed by atoms with Crippen molar-refractivity contribution in [2.24, 2.45) is 84.9 Å². The molecule has 0 saturated carbocycles. The molecule has 1 aliphatic heterocycles. The number of rotatable bonds is 40. The lowest BCUT2D eigenvalue weighted by atomic mass is 9.93. The molecule has 0 aromatic heterocycles. The molecule has 10 amide bonds. The van der Waals surface area contributed by atoms with Crippen LogP contribution in [0.25, 0.3) is 0 Å². The normalized spacial score (nSPS) is 20.0. The maximum absolute atomic E-state index is 14.7. The monoisotopic (exact) mass is 1380 g/mol. The second-order valence-electron chi connectivity index (χ2n) is 25.9. The molecular weight excluding hydrogens is 1270 g/mol. The van der Waals surface area contributed by atoms with E-state index in [1.165, 1.54) is 6.92 Å². The Balaban J connectivity index is 2.60. The number of hydrogen-bond acceptors (Lipinski definition) is 16. The number of guanidine groups is 3. The predicted molar refractivity (Wildman–Crippen MR) is 373 cm³/mol. The first kappa shape index (κ1) is 85.2. The molecule has 1 aromatic rings. The standard InChI is InChI=1S/C66H115N19O13/c1-13-36(8)48(81-53(87)42(17-5)33-41-24-19-18-20-25-41)59(93)77-43(26-21-29-73-64(67)68)54(88)76-45(28-23-31-75-66(71)72)56(90)82-50(38(10)15-3)61(95)83-49(37(9)14-2)60(94)80-47(34-86)58(92)85-52-40(12)98-63(97)51(39(11)16-4)84-57(91)46(32-35(6)7)79-55(89)44(78-62(52)96)27-22-30-74-65(69)70/h18-20,24-25,35-40,42-52,86H,13-17,21-23,26-34H2,1-12H3,(H,76,88)(H,77,93)(H,78,96)(H,79,89)(H,80,94)(H,81,87)(H,82,90)(H,83,95)(H,84,91)(H,85,92)(H4,67,68,73)(H4,69,70,74)(H4,71,72,75)/t36-,37-,38+,39-,40-,42+,43-,44-,45+,46-,47-,48-,49-,50+,51-,52+/m0/s1. The molecule has 0 radical (unpaired) electrons. The van der Waals surface area contributed by atoms with E-state index in [0.717, 1.165) is 5.56 Å². The predicted octanol–water partition coefficient (Wildman–Crippen LogP) is -1.57. The summed E-state index contributed by atoms with van der Waals surface area (Å²) in [6, 6.07) is -4.60. The van der Waals surface area contributed by atoms with E-state index in [9.17, 15) is 57.8 Å². The summed E-state index contributed by atoms with van der Waals surface area (Å²) in [5.74, 6) is -12.5. The highest BCUT2D eigenvalue weighted by Crippen LogP contribution is 2.20. The molecule has 0 unspecified atom stereocenters. The highest BCUT2D eigenvalue weighted by molar-refractivity contribution is 5.99. The van der Waals surface area contributed by atoms with Crippen molar-refractivity contribution in [3.05, 3.63) is 35.9 Å². The molecule has 32 heteroatoms. The van der Waals surface area contributed by atoms with Gasteiger partial charge in [0.25, 0.3) is 0 Å². The van der Waals surface area contributed by atoms with Crippen LogP contribution in [0.2, 0.25) is 0 Å². The van der Waals surface area contributed by atoms with Crippen LogP contribution in [0.3, 0.4) is 0 Å². The third-order valence-corrected chi connectivity index (χ3v) is 17.6. The maximum atomic E-state index is 14.7. The lowest BCUT2D eigenvalue weighted by Gasteiger charge is -2.32. The fourth-order valence-electron chi connectivity index (χ4n) is 10.6. The summed E-state index contributed by atoms with van der Waals surface area (Å²) in [4.78, 5) is 170. The molecule has 1 fully saturated rings. The summed E-state index contributed by atoms with van der Waals surface area (Å²) in [6.07, 6.45) is 1.22. The number of carbonyl (C=O) groups excluding carboxylic acids is 11. The summed E-state index contributed by atoms with van der Waals surface area (Å²) in [5, 5.41) is 37.7. The lowest BCUT2D eigenvalue weighted by Crippen LogP contribution is -2.63. The molecular formula is C66H115N19O13. The summed E-state index contributed by atoms with van der Waals surface area (Å²) >= 11 is 0. The number of nitrogens with two attached hydrogens (primary N) is 6. The van der Waals surface area contributed by atoms with Gasteiger partial charge in [-0.15, -0.1) is 0 Å². The van der Waals surface area contributed by atoms with E-state index >= 15 is 0 Å². The highest BCUT2D eigenvalue weighted by atomic mass is 16.5. The van der Waals surface area contributed by atoms with Crippen LogP contribution < -0.4 is 87.6 Å². The van der Waals surface area contributed by atoms with Gasteiger partial charge < -0.3 is 97.4 Å². The van der Waals surface area contributed by atoms with E-state index in [-0.39, 0.29) is 101 Å². The molecule has 1 heterocycles. The van der Waals surface area contributed by atoms with Crippen LogP contribution in [0, 0.1) is 35.5 Å². The first-order chi connectivity index (χ1) is 46.3. The molecule has 1 saturated heterocycles. The number of benzene rings is 1. The van der Waals surface area contributed by atoms with Gasteiger partial charge in [0.2, 0.25) is 59.1 Å². The summed E-state index contributed by atoms with van der Waals surface area (Å²) in [7, 11) is 0. The number of amides is 10. The minimum absolute atomic E-state index is 0.0227. The molecule has 552 valence electrons. The molecule has 23 N–H and O–H groups in total. The second-order valence-corrected chi connectivity index (χ2v) is 25.9. The van der Waals surface area contributed by atoms with Crippen LogP contribution in [0.4, 0.5) is 0 Å². The number of aliphatic hydroxyl groups is 1. The fraction of sp³-hybridized carbons (Fsp3) is 0.697. The van der Waals surface area contributed by atoms with Gasteiger partial charge in [0.1, 0.15) is 66.5 Å². The molecule has 1 aliphatic rings. The first-order valence-corrected chi connectivity index (χ1v) is 34.3. The topological polar surface area (TPSA) is 531 Å². The van der Waals surface area contributed by atoms with Gasteiger partial charge in [0.15, 0.2) is 17.9 Å². The number of cyclic esters (lactones) is 1. The largest absolute Gasteiger partial charge is 0.458 e. The van der Waals surface area contributed by atoms with Crippen LogP contribution in [0.1, 0.15) is 166 Å². The molecule has 0 aliphatic carbocycles. The van der Waals surface area contributed by atoms with Gasteiger partial charge in [-0.25, -0.2) is 4.79 Å². The Bertz CT molecular complexity index is 2850. The van der Waals surface area contributed by atoms with Gasteiger partial charge in [-0.05, 0) is 99.9 Å². The Morgan fingerprint density at radius 2 is 0.949 bits per heavy atom. The molecule has 0 bridgehead atoms. The van der Waals surface area contributed by atoms with Crippen LogP contribution in [-0.2, 0) is 63.9 Å². The summed E-state index contributed by atoms with van der Waals surface area (Å²) < 4.78 is 5.82. The van der Waals surface area contributed by atoms with Gasteiger partial charge in [-0.2, -0.15) is 0 Å². The van der Waals surface area contributed by atoms with Gasteiger partial charge in [0.05, 0.1) is 6.61 Å². The number of hydrogen-bond donors (Lipinski definition) is 17. The lowest BCUT2D eigenvalue weighted by molar-refractivity contribution is -0.157. The van der Waals surface area contributed by atoms with E-state index < -0.39 is 162 Å². The van der Waals surface area contributed by atoms with Crippen molar-refractivity contribution in [2.75, 3.05) is 26.2 Å². The number of nitrogens with zero attached hydrogens (tertiary/aromatic N) is 3. The van der Waals surface area contributed by atoms with E-state index in [0.29, 0.717) is 32.1 Å². The van der Waals surface area contributed by atoms with Gasteiger partial charge in [-0.3, -0.25) is 62.9 Å². The smallest absolute Gasteiger partial charge is 0.329 e. The van der Waals surface area contributed by atoms with Crippen LogP contribution >= 0.6 is 0 Å². The Morgan fingerprint density at radius 3 is 1.41 bits per heavy atom. The van der Waals surface area contributed by atoms with Crippen molar-refractivity contribution in [2.45, 2.75) is 233 Å². The van der Waals surface area contributed by atoms with Crippen molar-refractivity contribution < 1.29 is 62.6 Å². The SMILES string of the molecule is CC[C@H](Cc1ccccc1)C(=O)N[C@H](C(=O)N[C@@H](CCCN=C(N)N)C(=O)N[C@H](CCCN=C(N)N)C(=O)N[C@@H](C(=O)N[C@H](C(=O)N[C@@H](CO)C(=O)N[C@H]1C(=O)N[C@@H](CCCN=C(N)N)C(=O)N[C@@H](CC(C)C)C(=O)N[C@@H]([C@@H](C)CC)C(=O)O[C@H]1C)[C@@H](C)CC)[C@H](C)CC)[C@@H](C)CC. The van der Waals surface area contributed by atoms with E-state index in [1.54, 1.807) is 48.5 Å². The Labute approximate surface area is 576 Å². The Kier molecular flexibility index (Phi) is 38.4. The third-order valence-electron chi connectivity index (χ3n) is 17.6. The minimum Gasteiger partial charge on any atom is -0.458 e. The molecule has 98 heavy (non-hydrogen) atoms. The van der Waals surface area contributed by atoms with Gasteiger partial charge >= 0.3 is 5.97 Å². The number of aliphatic hydroxyl groups excluding tert-OH is 1. The zero-order valence-corrected chi connectivity index (χ0v) is 59.4. The Hall–Kier alpha value is -8.84. The molecule has 1 aromatic carbocycles. The number of aliphatic imine (C=N–C) groups is 3.